The summed E-state index contributed by atoms with van der Waals surface area (Å²) in [6.45, 7) is -0.0121. The van der Waals surface area contributed by atoms with Gasteiger partial charge in [-0.15, -0.1) is 0 Å². The summed E-state index contributed by atoms with van der Waals surface area (Å²) in [4.78, 5) is 17.3. The van der Waals surface area contributed by atoms with E-state index in [0.29, 0.717) is 29.3 Å². The quantitative estimate of drug-likeness (QED) is 0.137. The van der Waals surface area contributed by atoms with E-state index in [-0.39, 0.29) is 24.8 Å². The Morgan fingerprint density at radius 3 is 2.40 bits per heavy atom. The number of rotatable bonds is 10. The van der Waals surface area contributed by atoms with Gasteiger partial charge in [-0.05, 0) is 59.7 Å². The highest BCUT2D eigenvalue weighted by Gasteiger charge is 2.32. The predicted octanol–water partition coefficient (Wildman–Crippen LogP) is 7.69. The van der Waals surface area contributed by atoms with Gasteiger partial charge in [0.05, 0.1) is 18.8 Å². The zero-order valence-corrected chi connectivity index (χ0v) is 25.5. The summed E-state index contributed by atoms with van der Waals surface area (Å²) in [5.74, 6) is 2.11. The predicted molar refractivity (Wildman–Crippen MR) is 174 cm³/mol. The lowest BCUT2D eigenvalue weighted by atomic mass is 10.0. The highest BCUT2D eigenvalue weighted by Crippen LogP contribution is 2.39. The smallest absolute Gasteiger partial charge is 0.323 e. The topological polar surface area (TPSA) is 107 Å². The summed E-state index contributed by atoms with van der Waals surface area (Å²) >= 11 is 1.64. The Morgan fingerprint density at radius 1 is 0.911 bits per heavy atom. The van der Waals surface area contributed by atoms with Gasteiger partial charge in [0, 0.05) is 48.6 Å². The average Bonchev–Trinajstić information content (AvgIpc) is 3.49. The number of hydrogen-bond acceptors (Lipinski definition) is 7. The van der Waals surface area contributed by atoms with E-state index in [1.54, 1.807) is 42.2 Å². The number of aryl methyl sites for hydroxylation is 1. The van der Waals surface area contributed by atoms with E-state index in [1.807, 2.05) is 96.7 Å². The number of aliphatic hydroxyl groups excluding tert-OH is 1. The Labute approximate surface area is 266 Å². The van der Waals surface area contributed by atoms with Gasteiger partial charge in [-0.25, -0.2) is 9.78 Å². The number of aliphatic hydroxyl groups is 1. The third-order valence-electron chi connectivity index (χ3n) is 7.30. The molecule has 0 unspecified atom stereocenters. The average molecular weight is 623 g/mol. The van der Waals surface area contributed by atoms with E-state index in [9.17, 15) is 9.90 Å². The Morgan fingerprint density at radius 2 is 1.67 bits per heavy atom. The zero-order chi connectivity index (χ0) is 31.0. The standard InChI is InChI=1S/C35H34N4O5S/c1-39-19-18-36-35(39)45-23-31-21-32(25-12-10-24(22-40)11-13-25)44-33(43-31)26-6-5-7-28(20-26)38-34(41)37-27-14-16-30(17-15-27)42-29-8-3-2-4-9-29/h2-20,31-33,40H,21-23H2,1H3,(H2,37,38,41)/t31-,32+,33+/m0/s1. The fourth-order valence-electron chi connectivity index (χ4n) is 4.97. The fraction of sp³-hybridized carbons (Fsp3) is 0.200. The molecule has 4 aromatic carbocycles. The number of hydrogen-bond donors (Lipinski definition) is 3. The third-order valence-corrected chi connectivity index (χ3v) is 8.49. The van der Waals surface area contributed by atoms with Crippen molar-refractivity contribution in [3.05, 3.63) is 132 Å². The highest BCUT2D eigenvalue weighted by molar-refractivity contribution is 7.99. The van der Waals surface area contributed by atoms with Crippen LogP contribution in [-0.2, 0) is 23.1 Å². The second-order valence-corrected chi connectivity index (χ2v) is 11.6. The molecule has 9 nitrogen and oxygen atoms in total. The minimum atomic E-state index is -0.643. The van der Waals surface area contributed by atoms with Crippen LogP contribution in [0.2, 0.25) is 0 Å². The van der Waals surface area contributed by atoms with Crippen molar-refractivity contribution in [3.63, 3.8) is 0 Å². The van der Waals surface area contributed by atoms with Crippen molar-refractivity contribution in [1.82, 2.24) is 9.55 Å². The van der Waals surface area contributed by atoms with Crippen LogP contribution in [0, 0.1) is 0 Å². The summed E-state index contributed by atoms with van der Waals surface area (Å²) in [5.41, 5.74) is 3.89. The van der Waals surface area contributed by atoms with Crippen LogP contribution in [0.1, 0.15) is 35.5 Å². The monoisotopic (exact) mass is 622 g/mol. The van der Waals surface area contributed by atoms with Gasteiger partial charge in [0.2, 0.25) is 0 Å². The first-order chi connectivity index (χ1) is 22.0. The number of carbonyl (C=O) groups excluding carboxylic acids is 1. The van der Waals surface area contributed by atoms with E-state index in [1.165, 1.54) is 0 Å². The number of ether oxygens (including phenoxy) is 3. The van der Waals surface area contributed by atoms with E-state index in [4.69, 9.17) is 14.2 Å². The van der Waals surface area contributed by atoms with E-state index < -0.39 is 6.29 Å². The molecule has 5 aromatic rings. The number of nitrogens with one attached hydrogen (secondary N) is 2. The van der Waals surface area contributed by atoms with Crippen LogP contribution in [0.3, 0.4) is 0 Å². The van der Waals surface area contributed by atoms with Gasteiger partial charge in [0.25, 0.3) is 0 Å². The summed E-state index contributed by atoms with van der Waals surface area (Å²) < 4.78 is 20.7. The molecule has 1 aliphatic rings. The molecule has 230 valence electrons. The van der Waals surface area contributed by atoms with E-state index in [0.717, 1.165) is 27.6 Å². The van der Waals surface area contributed by atoms with Crippen LogP contribution >= 0.6 is 11.8 Å². The maximum atomic E-state index is 12.9. The van der Waals surface area contributed by atoms with Crippen molar-refractivity contribution in [2.75, 3.05) is 16.4 Å². The molecule has 0 spiro atoms. The lowest BCUT2D eigenvalue weighted by molar-refractivity contribution is -0.245. The second-order valence-electron chi connectivity index (χ2n) is 10.6. The molecule has 0 radical (unpaired) electrons. The number of carbonyl (C=O) groups is 1. The summed E-state index contributed by atoms with van der Waals surface area (Å²) in [6, 6.07) is 31.6. The zero-order valence-electron chi connectivity index (χ0n) is 24.7. The Balaban J connectivity index is 1.12. The van der Waals surface area contributed by atoms with Gasteiger partial charge in [-0.3, -0.25) is 0 Å². The highest BCUT2D eigenvalue weighted by atomic mass is 32.2. The number of urea groups is 1. The number of amides is 2. The van der Waals surface area contributed by atoms with Crippen molar-refractivity contribution >= 4 is 29.2 Å². The molecule has 10 heteroatoms. The molecule has 0 aliphatic carbocycles. The molecule has 3 N–H and O–H groups in total. The molecule has 3 atom stereocenters. The molecule has 2 amide bonds. The Hall–Kier alpha value is -4.61. The first-order valence-electron chi connectivity index (χ1n) is 14.6. The Kier molecular flexibility index (Phi) is 9.77. The van der Waals surface area contributed by atoms with Gasteiger partial charge in [0.15, 0.2) is 11.4 Å². The molecule has 1 aromatic heterocycles. The summed E-state index contributed by atoms with van der Waals surface area (Å²) in [6.07, 6.45) is 3.41. The molecule has 1 fully saturated rings. The van der Waals surface area contributed by atoms with E-state index >= 15 is 0 Å². The number of benzene rings is 4. The molecular weight excluding hydrogens is 588 g/mol. The van der Waals surface area contributed by atoms with Crippen LogP contribution in [0.15, 0.2) is 121 Å². The number of aromatic nitrogens is 2. The minimum absolute atomic E-state index is 0.0121. The molecule has 6 rings (SSSR count). The Bertz CT molecular complexity index is 1700. The summed E-state index contributed by atoms with van der Waals surface area (Å²) in [5, 5.41) is 16.2. The van der Waals surface area contributed by atoms with Crippen molar-refractivity contribution in [2.45, 2.75) is 36.7 Å². The van der Waals surface area contributed by atoms with Gasteiger partial charge < -0.3 is 34.5 Å². The molecule has 0 bridgehead atoms. The van der Waals surface area contributed by atoms with Crippen LogP contribution in [0.25, 0.3) is 0 Å². The number of anilines is 2. The number of para-hydroxylation sites is 1. The minimum Gasteiger partial charge on any atom is -0.457 e. The first-order valence-corrected chi connectivity index (χ1v) is 15.6. The maximum Gasteiger partial charge on any atom is 0.323 e. The van der Waals surface area contributed by atoms with Crippen LogP contribution in [0.5, 0.6) is 11.5 Å². The molecule has 0 saturated carbocycles. The van der Waals surface area contributed by atoms with Gasteiger partial charge in [-0.2, -0.15) is 0 Å². The van der Waals surface area contributed by atoms with E-state index in [2.05, 4.69) is 15.6 Å². The molecule has 45 heavy (non-hydrogen) atoms. The van der Waals surface area contributed by atoms with Crippen LogP contribution in [-0.4, -0.2) is 32.5 Å². The largest absolute Gasteiger partial charge is 0.457 e. The number of imidazole rings is 1. The number of thioether (sulfide) groups is 1. The number of nitrogens with zero attached hydrogens (tertiary/aromatic N) is 2. The van der Waals surface area contributed by atoms with Crippen molar-refractivity contribution < 1.29 is 24.1 Å². The SMILES string of the molecule is Cn1ccnc1SC[C@@H]1C[C@H](c2ccc(CO)cc2)O[C@H](c2cccc(NC(=O)Nc3ccc(Oc4ccccc4)cc3)c2)O1. The van der Waals surface area contributed by atoms with Gasteiger partial charge >= 0.3 is 6.03 Å². The van der Waals surface area contributed by atoms with Crippen LogP contribution < -0.4 is 15.4 Å². The van der Waals surface area contributed by atoms with Gasteiger partial charge in [0.1, 0.15) is 11.5 Å². The third kappa shape index (κ3) is 8.11. The summed E-state index contributed by atoms with van der Waals surface area (Å²) in [7, 11) is 1.97. The maximum absolute atomic E-state index is 12.9. The fourth-order valence-corrected chi connectivity index (χ4v) is 5.92. The van der Waals surface area contributed by atoms with Crippen molar-refractivity contribution in [3.8, 4) is 11.5 Å². The molecular formula is C35H34N4O5S. The lowest BCUT2D eigenvalue weighted by Crippen LogP contribution is -2.31. The molecule has 2 heterocycles. The first kappa shape index (κ1) is 30.4. The second kappa shape index (κ2) is 14.4. The molecule has 1 aliphatic heterocycles. The van der Waals surface area contributed by atoms with Crippen molar-refractivity contribution in [2.24, 2.45) is 7.05 Å². The normalized spacial score (nSPS) is 17.9. The molecule has 1 saturated heterocycles. The lowest BCUT2D eigenvalue weighted by Gasteiger charge is -2.36. The van der Waals surface area contributed by atoms with Crippen molar-refractivity contribution in [1.29, 1.82) is 0 Å². The van der Waals surface area contributed by atoms with Crippen LogP contribution in [0.4, 0.5) is 16.2 Å². The van der Waals surface area contributed by atoms with Gasteiger partial charge in [-0.1, -0.05) is 66.4 Å².